The van der Waals surface area contributed by atoms with E-state index in [-0.39, 0.29) is 21.5 Å². The summed E-state index contributed by atoms with van der Waals surface area (Å²) >= 11 is 6.97. The number of nitrogens with zero attached hydrogens (tertiary/aromatic N) is 1. The van der Waals surface area contributed by atoms with Crippen LogP contribution in [0.4, 0.5) is 5.69 Å². The Bertz CT molecular complexity index is 989. The van der Waals surface area contributed by atoms with Crippen LogP contribution < -0.4 is 15.5 Å². The topological polar surface area (TPSA) is 79.8 Å². The highest BCUT2D eigenvalue weighted by molar-refractivity contribution is 9.25. The smallest absolute Gasteiger partial charge is 0.248 e. The van der Waals surface area contributed by atoms with E-state index in [1.165, 1.54) is 0 Å². The lowest BCUT2D eigenvalue weighted by atomic mass is 10.1. The van der Waals surface area contributed by atoms with E-state index < -0.39 is 5.41 Å². The molecule has 1 atom stereocenters. The van der Waals surface area contributed by atoms with Gasteiger partial charge >= 0.3 is 0 Å². The third-order valence-electron chi connectivity index (χ3n) is 5.17. The molecule has 1 fully saturated rings. The van der Waals surface area contributed by atoms with Gasteiger partial charge in [0, 0.05) is 5.69 Å². The number of ether oxygens (including phenoxy) is 1. The number of halogens is 2. The van der Waals surface area contributed by atoms with Crippen LogP contribution in [-0.2, 0) is 16.0 Å². The minimum atomic E-state index is -0.534. The van der Waals surface area contributed by atoms with Crippen LogP contribution in [0.25, 0.3) is 0 Å². The molecule has 1 unspecified atom stereocenters. The maximum atomic E-state index is 12.4. The fourth-order valence-corrected chi connectivity index (χ4v) is 4.41. The molecule has 0 bridgehead atoms. The predicted octanol–water partition coefficient (Wildman–Crippen LogP) is 4.61. The van der Waals surface area contributed by atoms with Crippen molar-refractivity contribution in [3.63, 3.8) is 0 Å². The van der Waals surface area contributed by atoms with Crippen molar-refractivity contribution in [2.45, 2.75) is 29.9 Å². The van der Waals surface area contributed by atoms with Gasteiger partial charge in [-0.3, -0.25) is 9.59 Å². The molecule has 0 spiro atoms. The first kappa shape index (κ1) is 22.5. The second-order valence-corrected chi connectivity index (χ2v) is 11.3. The molecule has 0 saturated heterocycles. The fraction of sp³-hybridized carbons (Fsp3) is 0.318. The van der Waals surface area contributed by atoms with E-state index in [0.717, 1.165) is 16.9 Å². The molecule has 2 N–H and O–H groups in total. The number of carbonyl (C=O) groups excluding carboxylic acids is 2. The third-order valence-corrected chi connectivity index (χ3v) is 7.48. The standard InChI is InChI=1S/C22H23Br2N3O3/c1-14(26-27-20(29)21(2)13-22(21,23)24)16-5-4-6-17(12-16)25-19(28)11-15-7-9-18(30-3)10-8-15/h4-10,12H,11,13H2,1-3H3,(H,25,28)(H,27,29). The summed E-state index contributed by atoms with van der Waals surface area (Å²) in [5.41, 5.74) is 5.12. The first-order chi connectivity index (χ1) is 14.1. The van der Waals surface area contributed by atoms with E-state index in [1.54, 1.807) is 7.11 Å². The van der Waals surface area contributed by atoms with Crippen molar-refractivity contribution in [1.29, 1.82) is 0 Å². The third kappa shape index (κ3) is 5.10. The largest absolute Gasteiger partial charge is 0.497 e. The summed E-state index contributed by atoms with van der Waals surface area (Å²) < 4.78 is 4.76. The molecule has 2 amide bonds. The molecule has 6 nitrogen and oxygen atoms in total. The van der Waals surface area contributed by atoms with Crippen molar-refractivity contribution in [3.8, 4) is 5.75 Å². The Morgan fingerprint density at radius 1 is 1.17 bits per heavy atom. The van der Waals surface area contributed by atoms with Crippen LogP contribution in [0.2, 0.25) is 0 Å². The summed E-state index contributed by atoms with van der Waals surface area (Å²) in [5, 5.41) is 7.12. The van der Waals surface area contributed by atoms with E-state index in [2.05, 4.69) is 47.7 Å². The number of anilines is 1. The molecule has 158 valence electrons. The number of benzene rings is 2. The number of alkyl halides is 2. The molecule has 1 aliphatic rings. The number of hydrogen-bond acceptors (Lipinski definition) is 4. The number of carbonyl (C=O) groups is 2. The average molecular weight is 537 g/mol. The Labute approximate surface area is 192 Å². The van der Waals surface area contributed by atoms with Crippen molar-refractivity contribution in [2.24, 2.45) is 10.5 Å². The van der Waals surface area contributed by atoms with Crippen LogP contribution in [-0.4, -0.2) is 27.9 Å². The van der Waals surface area contributed by atoms with Gasteiger partial charge in [0.1, 0.15) is 5.75 Å². The fourth-order valence-electron chi connectivity index (χ4n) is 2.92. The number of nitrogens with one attached hydrogen (secondary N) is 2. The van der Waals surface area contributed by atoms with Crippen molar-refractivity contribution in [3.05, 3.63) is 59.7 Å². The number of amides is 2. The van der Waals surface area contributed by atoms with E-state index in [9.17, 15) is 9.59 Å². The highest BCUT2D eigenvalue weighted by atomic mass is 79.9. The van der Waals surface area contributed by atoms with Crippen LogP contribution in [0, 0.1) is 5.41 Å². The van der Waals surface area contributed by atoms with E-state index >= 15 is 0 Å². The van der Waals surface area contributed by atoms with Gasteiger partial charge in [0.25, 0.3) is 0 Å². The molecule has 2 aromatic rings. The van der Waals surface area contributed by atoms with Crippen molar-refractivity contribution in [2.75, 3.05) is 12.4 Å². The maximum Gasteiger partial charge on any atom is 0.248 e. The minimum absolute atomic E-state index is 0.118. The number of rotatable bonds is 7. The highest BCUT2D eigenvalue weighted by Gasteiger charge is 2.66. The Kier molecular flexibility index (Phi) is 6.67. The maximum absolute atomic E-state index is 12.4. The van der Waals surface area contributed by atoms with Gasteiger partial charge in [0.05, 0.1) is 27.9 Å². The lowest BCUT2D eigenvalue weighted by Gasteiger charge is -2.11. The summed E-state index contributed by atoms with van der Waals surface area (Å²) in [4.78, 5) is 24.7. The van der Waals surface area contributed by atoms with Gasteiger partial charge in [-0.25, -0.2) is 5.43 Å². The molecule has 30 heavy (non-hydrogen) atoms. The molecular formula is C22H23Br2N3O3. The van der Waals surface area contributed by atoms with Gasteiger partial charge in [-0.2, -0.15) is 5.10 Å². The van der Waals surface area contributed by atoms with Gasteiger partial charge in [0.2, 0.25) is 11.8 Å². The summed E-state index contributed by atoms with van der Waals surface area (Å²) in [7, 11) is 1.61. The Morgan fingerprint density at radius 2 is 1.83 bits per heavy atom. The van der Waals surface area contributed by atoms with Crippen LogP contribution in [0.15, 0.2) is 53.6 Å². The zero-order chi connectivity index (χ0) is 21.9. The van der Waals surface area contributed by atoms with Crippen molar-refractivity contribution < 1.29 is 14.3 Å². The summed E-state index contributed by atoms with van der Waals surface area (Å²) in [6, 6.07) is 14.7. The van der Waals surface area contributed by atoms with Crippen LogP contribution >= 0.6 is 31.9 Å². The lowest BCUT2D eigenvalue weighted by molar-refractivity contribution is -0.125. The monoisotopic (exact) mass is 535 g/mol. The van der Waals surface area contributed by atoms with Crippen LogP contribution in [0.3, 0.4) is 0 Å². The molecule has 0 aliphatic heterocycles. The number of hydrogen-bond donors (Lipinski definition) is 2. The highest BCUT2D eigenvalue weighted by Crippen LogP contribution is 2.66. The predicted molar refractivity (Wildman–Crippen MR) is 125 cm³/mol. The quantitative estimate of drug-likeness (QED) is 0.308. The average Bonchev–Trinajstić information content (AvgIpc) is 3.25. The molecule has 8 heteroatoms. The van der Waals surface area contributed by atoms with Gasteiger partial charge in [-0.05, 0) is 55.7 Å². The molecule has 0 radical (unpaired) electrons. The van der Waals surface area contributed by atoms with E-state index in [1.807, 2.05) is 62.4 Å². The summed E-state index contributed by atoms with van der Waals surface area (Å²) in [6.07, 6.45) is 0.951. The SMILES string of the molecule is COc1ccc(CC(=O)Nc2cccc(C(C)=NNC(=O)C3(C)CC3(Br)Br)c2)cc1. The Hall–Kier alpha value is -2.19. The normalized spacial score (nSPS) is 19.7. The zero-order valence-corrected chi connectivity index (χ0v) is 20.1. The Morgan fingerprint density at radius 3 is 2.43 bits per heavy atom. The molecule has 1 aliphatic carbocycles. The second-order valence-electron chi connectivity index (χ2n) is 7.51. The first-order valence-electron chi connectivity index (χ1n) is 9.40. The van der Waals surface area contributed by atoms with Crippen LogP contribution in [0.1, 0.15) is 31.4 Å². The van der Waals surface area contributed by atoms with Crippen molar-refractivity contribution in [1.82, 2.24) is 5.43 Å². The van der Waals surface area contributed by atoms with Crippen LogP contribution in [0.5, 0.6) is 5.75 Å². The Balaban J connectivity index is 1.60. The summed E-state index contributed by atoms with van der Waals surface area (Å²) in [5.74, 6) is 0.481. The molecule has 1 saturated carbocycles. The van der Waals surface area contributed by atoms with E-state index in [4.69, 9.17) is 4.74 Å². The van der Waals surface area contributed by atoms with Crippen molar-refractivity contribution >= 4 is 55.1 Å². The number of hydrazone groups is 1. The second kappa shape index (κ2) is 8.89. The van der Waals surface area contributed by atoms with Gasteiger partial charge in [-0.15, -0.1) is 0 Å². The van der Waals surface area contributed by atoms with Gasteiger partial charge < -0.3 is 10.1 Å². The number of methoxy groups -OCH3 is 1. The summed E-state index contributed by atoms with van der Waals surface area (Å²) in [6.45, 7) is 3.68. The van der Waals surface area contributed by atoms with E-state index in [0.29, 0.717) is 17.8 Å². The molecule has 3 rings (SSSR count). The molecule has 0 aromatic heterocycles. The lowest BCUT2D eigenvalue weighted by Crippen LogP contribution is -2.30. The zero-order valence-electron chi connectivity index (χ0n) is 17.0. The molecule has 2 aromatic carbocycles. The minimum Gasteiger partial charge on any atom is -0.497 e. The molecular weight excluding hydrogens is 514 g/mol. The van der Waals surface area contributed by atoms with Gasteiger partial charge in [0.15, 0.2) is 0 Å². The first-order valence-corrected chi connectivity index (χ1v) is 11.0. The van der Waals surface area contributed by atoms with Gasteiger partial charge in [-0.1, -0.05) is 56.1 Å². The molecule has 0 heterocycles.